The third-order valence-corrected chi connectivity index (χ3v) is 4.92. The Balaban J connectivity index is 2.06. The molecule has 1 N–H and O–H groups in total. The van der Waals surface area contributed by atoms with Crippen molar-refractivity contribution in [2.45, 2.75) is 32.4 Å². The zero-order chi connectivity index (χ0) is 18.4. The monoisotopic (exact) mass is 377 g/mol. The van der Waals surface area contributed by atoms with Gasteiger partial charge in [0, 0.05) is 22.0 Å². The van der Waals surface area contributed by atoms with Crippen molar-refractivity contribution in [3.8, 4) is 0 Å². The molecule has 2 aromatic rings. The summed E-state index contributed by atoms with van der Waals surface area (Å²) >= 11 is 12.1. The Morgan fingerprint density at radius 2 is 1.92 bits per heavy atom. The molecule has 3 rings (SSSR count). The van der Waals surface area contributed by atoms with E-state index in [1.807, 2.05) is 13.0 Å². The van der Waals surface area contributed by atoms with Crippen LogP contribution in [0.1, 0.15) is 30.0 Å². The normalized spacial score (nSPS) is 19.2. The number of carbonyl (C=O) groups is 2. The van der Waals surface area contributed by atoms with E-state index in [0.29, 0.717) is 26.9 Å². The molecule has 0 radical (unpaired) electrons. The fraction of sp³-hybridized carbons (Fsp3) is 0.263. The molecule has 0 saturated carbocycles. The van der Waals surface area contributed by atoms with Crippen molar-refractivity contribution < 1.29 is 14.7 Å². The van der Waals surface area contributed by atoms with Crippen LogP contribution in [0.25, 0.3) is 0 Å². The molecule has 0 bridgehead atoms. The number of hydrogen-bond donors (Lipinski definition) is 1. The standard InChI is InChI=1S/C19H17Cl2NO3/c1-11-3-6-17-15(7-11)19(25,9-12(2)23)18(24)22(17)10-13-4-5-14(20)8-16(13)21/h3-8,25H,9-10H2,1-2H3/t19-/m0/s1. The van der Waals surface area contributed by atoms with E-state index >= 15 is 0 Å². The Bertz CT molecular complexity index is 881. The Hall–Kier alpha value is -1.88. The first kappa shape index (κ1) is 17.9. The average molecular weight is 378 g/mol. The molecular formula is C19H17Cl2NO3. The molecule has 4 nitrogen and oxygen atoms in total. The Morgan fingerprint density at radius 3 is 2.56 bits per heavy atom. The maximum Gasteiger partial charge on any atom is 0.264 e. The van der Waals surface area contributed by atoms with Crippen molar-refractivity contribution >= 4 is 40.6 Å². The van der Waals surface area contributed by atoms with Gasteiger partial charge in [-0.05, 0) is 37.6 Å². The van der Waals surface area contributed by atoms with Gasteiger partial charge in [-0.3, -0.25) is 9.59 Å². The van der Waals surface area contributed by atoms with Crippen LogP contribution in [0.2, 0.25) is 10.0 Å². The first-order valence-electron chi connectivity index (χ1n) is 7.81. The summed E-state index contributed by atoms with van der Waals surface area (Å²) in [7, 11) is 0. The van der Waals surface area contributed by atoms with E-state index in [1.165, 1.54) is 11.8 Å². The van der Waals surface area contributed by atoms with Gasteiger partial charge in [0.05, 0.1) is 12.2 Å². The molecule has 1 atom stereocenters. The summed E-state index contributed by atoms with van der Waals surface area (Å²) in [6, 6.07) is 10.4. The van der Waals surface area contributed by atoms with Gasteiger partial charge < -0.3 is 10.0 Å². The summed E-state index contributed by atoms with van der Waals surface area (Å²) in [5.74, 6) is -0.774. The highest BCUT2D eigenvalue weighted by atomic mass is 35.5. The third-order valence-electron chi connectivity index (χ3n) is 4.34. The first-order chi connectivity index (χ1) is 11.7. The van der Waals surface area contributed by atoms with Crippen molar-refractivity contribution in [1.82, 2.24) is 0 Å². The van der Waals surface area contributed by atoms with Gasteiger partial charge in [0.2, 0.25) is 0 Å². The number of ketones is 1. The molecule has 0 aliphatic carbocycles. The van der Waals surface area contributed by atoms with E-state index in [0.717, 1.165) is 5.56 Å². The smallest absolute Gasteiger partial charge is 0.264 e. The van der Waals surface area contributed by atoms with Crippen LogP contribution in [0.4, 0.5) is 5.69 Å². The van der Waals surface area contributed by atoms with Gasteiger partial charge in [-0.15, -0.1) is 0 Å². The number of carbonyl (C=O) groups excluding carboxylic acids is 2. The number of anilines is 1. The van der Waals surface area contributed by atoms with Crippen molar-refractivity contribution in [3.63, 3.8) is 0 Å². The second kappa shape index (κ2) is 6.45. The lowest BCUT2D eigenvalue weighted by Crippen LogP contribution is -2.41. The van der Waals surface area contributed by atoms with E-state index in [2.05, 4.69) is 0 Å². The predicted molar refractivity (Wildman–Crippen MR) is 98.0 cm³/mol. The molecule has 25 heavy (non-hydrogen) atoms. The topological polar surface area (TPSA) is 57.6 Å². The van der Waals surface area contributed by atoms with Gasteiger partial charge in [0.1, 0.15) is 5.78 Å². The van der Waals surface area contributed by atoms with Crippen LogP contribution in [-0.4, -0.2) is 16.8 Å². The number of fused-ring (bicyclic) bond motifs is 1. The number of nitrogens with zero attached hydrogens (tertiary/aromatic N) is 1. The van der Waals surface area contributed by atoms with Gasteiger partial charge in [-0.1, -0.05) is 47.0 Å². The van der Waals surface area contributed by atoms with Crippen molar-refractivity contribution in [2.75, 3.05) is 4.90 Å². The minimum absolute atomic E-state index is 0.186. The van der Waals surface area contributed by atoms with E-state index in [4.69, 9.17) is 23.2 Å². The highest BCUT2D eigenvalue weighted by Gasteiger charge is 2.50. The number of Topliss-reactive ketones (excluding diaryl/α,β-unsaturated/α-hetero) is 1. The lowest BCUT2D eigenvalue weighted by atomic mass is 9.89. The molecule has 6 heteroatoms. The van der Waals surface area contributed by atoms with Gasteiger partial charge in [0.25, 0.3) is 5.91 Å². The van der Waals surface area contributed by atoms with Crippen LogP contribution in [-0.2, 0) is 21.7 Å². The molecule has 1 amide bonds. The molecular weight excluding hydrogens is 361 g/mol. The summed E-state index contributed by atoms with van der Waals surface area (Å²) < 4.78 is 0. The minimum atomic E-state index is -1.84. The van der Waals surface area contributed by atoms with Crippen LogP contribution < -0.4 is 4.90 Å². The zero-order valence-electron chi connectivity index (χ0n) is 13.8. The molecule has 1 aliphatic heterocycles. The van der Waals surface area contributed by atoms with Crippen molar-refractivity contribution in [2.24, 2.45) is 0 Å². The van der Waals surface area contributed by atoms with Crippen LogP contribution >= 0.6 is 23.2 Å². The third kappa shape index (κ3) is 3.17. The summed E-state index contributed by atoms with van der Waals surface area (Å²) in [6.45, 7) is 3.42. The molecule has 130 valence electrons. The number of halogens is 2. The Kier molecular flexibility index (Phi) is 4.62. The molecule has 0 fully saturated rings. The molecule has 0 spiro atoms. The maximum atomic E-state index is 13.0. The molecule has 1 aliphatic rings. The van der Waals surface area contributed by atoms with Gasteiger partial charge in [-0.2, -0.15) is 0 Å². The van der Waals surface area contributed by atoms with Crippen LogP contribution in [0.5, 0.6) is 0 Å². The lowest BCUT2D eigenvalue weighted by molar-refractivity contribution is -0.141. The quantitative estimate of drug-likeness (QED) is 0.875. The largest absolute Gasteiger partial charge is 0.375 e. The summed E-state index contributed by atoms with van der Waals surface area (Å²) in [6.07, 6.45) is -0.257. The second-order valence-electron chi connectivity index (χ2n) is 6.39. The first-order valence-corrected chi connectivity index (χ1v) is 8.57. The van der Waals surface area contributed by atoms with Crippen LogP contribution in [0.3, 0.4) is 0 Å². The number of aliphatic hydroxyl groups is 1. The van der Waals surface area contributed by atoms with E-state index in [1.54, 1.807) is 30.3 Å². The van der Waals surface area contributed by atoms with Crippen LogP contribution in [0, 0.1) is 6.92 Å². The van der Waals surface area contributed by atoms with Crippen LogP contribution in [0.15, 0.2) is 36.4 Å². The molecule has 1 heterocycles. The average Bonchev–Trinajstić information content (AvgIpc) is 2.71. The number of benzene rings is 2. The fourth-order valence-corrected chi connectivity index (χ4v) is 3.64. The van der Waals surface area contributed by atoms with Gasteiger partial charge >= 0.3 is 0 Å². The number of rotatable bonds is 4. The zero-order valence-corrected chi connectivity index (χ0v) is 15.4. The van der Waals surface area contributed by atoms with Gasteiger partial charge in [-0.25, -0.2) is 0 Å². The highest BCUT2D eigenvalue weighted by molar-refractivity contribution is 6.35. The maximum absolute atomic E-state index is 13.0. The molecule has 0 saturated heterocycles. The van der Waals surface area contributed by atoms with Gasteiger partial charge in [0.15, 0.2) is 5.60 Å². The van der Waals surface area contributed by atoms with Crippen molar-refractivity contribution in [3.05, 3.63) is 63.1 Å². The van der Waals surface area contributed by atoms with E-state index in [9.17, 15) is 14.7 Å². The minimum Gasteiger partial charge on any atom is -0.375 e. The fourth-order valence-electron chi connectivity index (χ4n) is 3.17. The SMILES string of the molecule is CC(=O)C[C@@]1(O)C(=O)N(Cc2ccc(Cl)cc2Cl)c2ccc(C)cc21. The second-order valence-corrected chi connectivity index (χ2v) is 7.23. The Labute approximate surface area is 156 Å². The Morgan fingerprint density at radius 1 is 1.20 bits per heavy atom. The van der Waals surface area contributed by atoms with E-state index < -0.39 is 11.5 Å². The lowest BCUT2D eigenvalue weighted by Gasteiger charge is -2.22. The number of hydrogen-bond acceptors (Lipinski definition) is 3. The van der Waals surface area contributed by atoms with E-state index in [-0.39, 0.29) is 18.7 Å². The summed E-state index contributed by atoms with van der Waals surface area (Å²) in [4.78, 5) is 26.1. The predicted octanol–water partition coefficient (Wildman–Crippen LogP) is 4.02. The summed E-state index contributed by atoms with van der Waals surface area (Å²) in [5.41, 5.74) is 0.813. The summed E-state index contributed by atoms with van der Waals surface area (Å²) in [5, 5.41) is 11.9. The molecule has 0 aromatic heterocycles. The number of aryl methyl sites for hydroxylation is 1. The highest BCUT2D eigenvalue weighted by Crippen LogP contribution is 2.44. The molecule has 2 aromatic carbocycles. The molecule has 0 unspecified atom stereocenters. The number of amides is 1. The van der Waals surface area contributed by atoms with Crippen molar-refractivity contribution in [1.29, 1.82) is 0 Å².